The van der Waals surface area contributed by atoms with Crippen LogP contribution in [0.25, 0.3) is 0 Å². The zero-order valence-electron chi connectivity index (χ0n) is 12.4. The van der Waals surface area contributed by atoms with E-state index in [1.165, 1.54) is 0 Å². The molecule has 2 rings (SSSR count). The van der Waals surface area contributed by atoms with Crippen LogP contribution < -0.4 is 10.6 Å². The number of nitrogens with one attached hydrogen (secondary N) is 2. The molecule has 0 spiro atoms. The van der Waals surface area contributed by atoms with Crippen molar-refractivity contribution in [1.82, 2.24) is 15.5 Å². The fourth-order valence-electron chi connectivity index (χ4n) is 2.77. The zero-order chi connectivity index (χ0) is 14.5. The van der Waals surface area contributed by atoms with Crippen LogP contribution in [0, 0.1) is 5.92 Å². The van der Waals surface area contributed by atoms with E-state index in [-0.39, 0.29) is 23.8 Å². The second kappa shape index (κ2) is 7.04. The maximum atomic E-state index is 12.6. The lowest BCUT2D eigenvalue weighted by molar-refractivity contribution is -0.152. The Morgan fingerprint density at radius 3 is 2.65 bits per heavy atom. The summed E-state index contributed by atoms with van der Waals surface area (Å²) in [6, 6.07) is -0.409. The Morgan fingerprint density at radius 2 is 2.00 bits per heavy atom. The normalized spacial score (nSPS) is 24.8. The van der Waals surface area contributed by atoms with Gasteiger partial charge in [0.05, 0.1) is 13.2 Å². The minimum atomic E-state index is -0.478. The van der Waals surface area contributed by atoms with Crippen molar-refractivity contribution in [3.63, 3.8) is 0 Å². The smallest absolute Gasteiger partial charge is 0.245 e. The van der Waals surface area contributed by atoms with Crippen LogP contribution in [0.3, 0.4) is 0 Å². The third-order valence-electron chi connectivity index (χ3n) is 3.83. The maximum Gasteiger partial charge on any atom is 0.245 e. The summed E-state index contributed by atoms with van der Waals surface area (Å²) in [5, 5.41) is 6.13. The van der Waals surface area contributed by atoms with Crippen LogP contribution in [0.5, 0.6) is 0 Å². The van der Waals surface area contributed by atoms with Crippen molar-refractivity contribution in [3.8, 4) is 0 Å². The van der Waals surface area contributed by atoms with Crippen LogP contribution in [-0.2, 0) is 14.3 Å². The van der Waals surface area contributed by atoms with Gasteiger partial charge in [0.15, 0.2) is 0 Å². The second-order valence-corrected chi connectivity index (χ2v) is 5.81. The van der Waals surface area contributed by atoms with E-state index in [4.69, 9.17) is 4.74 Å². The van der Waals surface area contributed by atoms with Crippen molar-refractivity contribution in [1.29, 1.82) is 0 Å². The van der Waals surface area contributed by atoms with E-state index >= 15 is 0 Å². The summed E-state index contributed by atoms with van der Waals surface area (Å²) < 4.78 is 5.39. The van der Waals surface area contributed by atoms with E-state index in [0.29, 0.717) is 19.8 Å². The predicted octanol–water partition coefficient (Wildman–Crippen LogP) is -0.262. The Kier molecular flexibility index (Phi) is 5.37. The van der Waals surface area contributed by atoms with Gasteiger partial charge in [0.1, 0.15) is 6.04 Å². The molecule has 6 heteroatoms. The number of morpholine rings is 1. The number of hydrogen-bond acceptors (Lipinski definition) is 4. The van der Waals surface area contributed by atoms with E-state index in [0.717, 1.165) is 25.9 Å². The van der Waals surface area contributed by atoms with Gasteiger partial charge in [0.25, 0.3) is 0 Å². The summed E-state index contributed by atoms with van der Waals surface area (Å²) in [4.78, 5) is 26.5. The molecule has 2 amide bonds. The van der Waals surface area contributed by atoms with E-state index < -0.39 is 6.04 Å². The Morgan fingerprint density at radius 1 is 1.30 bits per heavy atom. The molecule has 6 nitrogen and oxygen atoms in total. The standard InChI is InChI=1S/C14H25N3O3/c1-10(2)16-13(18)12-9-20-8-7-17(12)14(19)11-3-5-15-6-4-11/h10-12,15H,3-9H2,1-2H3,(H,16,18). The lowest BCUT2D eigenvalue weighted by Gasteiger charge is -2.37. The second-order valence-electron chi connectivity index (χ2n) is 5.81. The van der Waals surface area contributed by atoms with Crippen LogP contribution in [0.15, 0.2) is 0 Å². The Labute approximate surface area is 120 Å². The van der Waals surface area contributed by atoms with Gasteiger partial charge in [-0.2, -0.15) is 0 Å². The number of piperidine rings is 1. The largest absolute Gasteiger partial charge is 0.377 e. The zero-order valence-corrected chi connectivity index (χ0v) is 12.4. The molecule has 2 fully saturated rings. The van der Waals surface area contributed by atoms with Crippen molar-refractivity contribution >= 4 is 11.8 Å². The summed E-state index contributed by atoms with van der Waals surface area (Å²) in [5.41, 5.74) is 0. The first-order valence-electron chi connectivity index (χ1n) is 7.49. The average molecular weight is 283 g/mol. The number of carbonyl (C=O) groups excluding carboxylic acids is 2. The Bertz CT molecular complexity index is 354. The summed E-state index contributed by atoms with van der Waals surface area (Å²) in [7, 11) is 0. The highest BCUT2D eigenvalue weighted by molar-refractivity contribution is 5.89. The van der Waals surface area contributed by atoms with Crippen molar-refractivity contribution < 1.29 is 14.3 Å². The van der Waals surface area contributed by atoms with E-state index in [1.807, 2.05) is 13.8 Å². The number of amides is 2. The molecule has 2 saturated heterocycles. The number of rotatable bonds is 3. The van der Waals surface area contributed by atoms with Gasteiger partial charge in [-0.25, -0.2) is 0 Å². The molecule has 0 aliphatic carbocycles. The summed E-state index contributed by atoms with van der Waals surface area (Å²) >= 11 is 0. The van der Waals surface area contributed by atoms with Gasteiger partial charge in [0.2, 0.25) is 11.8 Å². The monoisotopic (exact) mass is 283 g/mol. The van der Waals surface area contributed by atoms with Gasteiger partial charge in [-0.3, -0.25) is 9.59 Å². The highest BCUT2D eigenvalue weighted by Gasteiger charge is 2.36. The molecule has 2 aliphatic heterocycles. The molecule has 2 aliphatic rings. The fourth-order valence-corrected chi connectivity index (χ4v) is 2.77. The van der Waals surface area contributed by atoms with Gasteiger partial charge in [-0.05, 0) is 39.8 Å². The number of nitrogens with zero attached hydrogens (tertiary/aromatic N) is 1. The topological polar surface area (TPSA) is 70.7 Å². The van der Waals surface area contributed by atoms with Crippen LogP contribution in [0.2, 0.25) is 0 Å². The number of carbonyl (C=O) groups is 2. The SMILES string of the molecule is CC(C)NC(=O)C1COCCN1C(=O)C1CCNCC1. The lowest BCUT2D eigenvalue weighted by atomic mass is 9.95. The maximum absolute atomic E-state index is 12.6. The number of hydrogen-bond donors (Lipinski definition) is 2. The van der Waals surface area contributed by atoms with E-state index in [9.17, 15) is 9.59 Å². The molecule has 2 heterocycles. The fraction of sp³-hybridized carbons (Fsp3) is 0.857. The molecule has 1 atom stereocenters. The van der Waals surface area contributed by atoms with Crippen LogP contribution in [0.4, 0.5) is 0 Å². The third-order valence-corrected chi connectivity index (χ3v) is 3.83. The van der Waals surface area contributed by atoms with Crippen molar-refractivity contribution in [3.05, 3.63) is 0 Å². The summed E-state index contributed by atoms with van der Waals surface area (Å²) in [6.45, 7) is 6.92. The molecule has 2 N–H and O–H groups in total. The average Bonchev–Trinajstić information content (AvgIpc) is 2.46. The molecule has 0 saturated carbocycles. The summed E-state index contributed by atoms with van der Waals surface area (Å²) in [5.74, 6) is 0.0457. The molecule has 0 bridgehead atoms. The van der Waals surface area contributed by atoms with Crippen molar-refractivity contribution in [2.75, 3.05) is 32.8 Å². The first-order chi connectivity index (χ1) is 9.59. The Balaban J connectivity index is 2.01. The first kappa shape index (κ1) is 15.3. The quantitative estimate of drug-likeness (QED) is 0.748. The lowest BCUT2D eigenvalue weighted by Crippen LogP contribution is -2.58. The minimum Gasteiger partial charge on any atom is -0.377 e. The highest BCUT2D eigenvalue weighted by Crippen LogP contribution is 2.19. The van der Waals surface area contributed by atoms with Gasteiger partial charge in [-0.1, -0.05) is 0 Å². The first-order valence-corrected chi connectivity index (χ1v) is 7.49. The third kappa shape index (κ3) is 3.70. The van der Waals surface area contributed by atoms with E-state index in [2.05, 4.69) is 10.6 Å². The predicted molar refractivity (Wildman–Crippen MR) is 75.2 cm³/mol. The van der Waals surface area contributed by atoms with E-state index in [1.54, 1.807) is 4.90 Å². The Hall–Kier alpha value is -1.14. The summed E-state index contributed by atoms with van der Waals surface area (Å²) in [6.07, 6.45) is 1.71. The van der Waals surface area contributed by atoms with Gasteiger partial charge < -0.3 is 20.3 Å². The molecular weight excluding hydrogens is 258 g/mol. The van der Waals surface area contributed by atoms with Gasteiger partial charge >= 0.3 is 0 Å². The molecule has 0 aromatic rings. The van der Waals surface area contributed by atoms with Gasteiger partial charge in [-0.15, -0.1) is 0 Å². The van der Waals surface area contributed by atoms with Crippen LogP contribution in [0.1, 0.15) is 26.7 Å². The van der Waals surface area contributed by atoms with Gasteiger partial charge in [0, 0.05) is 18.5 Å². The molecule has 0 radical (unpaired) electrons. The number of ether oxygens (including phenoxy) is 1. The highest BCUT2D eigenvalue weighted by atomic mass is 16.5. The van der Waals surface area contributed by atoms with Crippen molar-refractivity contribution in [2.24, 2.45) is 5.92 Å². The molecule has 114 valence electrons. The molecule has 1 unspecified atom stereocenters. The molecular formula is C14H25N3O3. The van der Waals surface area contributed by atoms with Crippen LogP contribution in [-0.4, -0.2) is 61.6 Å². The van der Waals surface area contributed by atoms with Crippen LogP contribution >= 0.6 is 0 Å². The minimum absolute atomic E-state index is 0.0451. The van der Waals surface area contributed by atoms with Crippen molar-refractivity contribution in [2.45, 2.75) is 38.8 Å². The molecule has 0 aromatic carbocycles. The molecule has 0 aromatic heterocycles. The molecule has 20 heavy (non-hydrogen) atoms.